The van der Waals surface area contributed by atoms with E-state index in [4.69, 9.17) is 0 Å². The molecule has 76 valence electrons. The highest BCUT2D eigenvalue weighted by Crippen LogP contribution is 2.31. The summed E-state index contributed by atoms with van der Waals surface area (Å²) in [6, 6.07) is 0. The van der Waals surface area contributed by atoms with Gasteiger partial charge in [-0.15, -0.1) is 5.10 Å². The van der Waals surface area contributed by atoms with Gasteiger partial charge in [-0.25, -0.2) is 4.68 Å². The Kier molecular flexibility index (Phi) is 1.97. The predicted octanol–water partition coefficient (Wildman–Crippen LogP) is 0.160. The van der Waals surface area contributed by atoms with Gasteiger partial charge in [0.05, 0.1) is 0 Å². The number of nitrogens with one attached hydrogen (secondary N) is 1. The van der Waals surface area contributed by atoms with Crippen LogP contribution in [0, 0.1) is 5.92 Å². The molecule has 2 aliphatic rings. The number of hydrogen-bond acceptors (Lipinski definition) is 4. The fraction of sp³-hybridized carbons (Fsp3) is 0.889. The topological polar surface area (TPSA) is 55.6 Å². The molecule has 1 unspecified atom stereocenters. The van der Waals surface area contributed by atoms with Crippen molar-refractivity contribution in [3.05, 3.63) is 5.82 Å². The SMILES string of the molecule is C1CC(c2nnnn2CC2CC2)CN1. The second-order valence-corrected chi connectivity index (χ2v) is 4.35. The molecule has 1 aliphatic heterocycles. The quantitative estimate of drug-likeness (QED) is 0.743. The van der Waals surface area contributed by atoms with Gasteiger partial charge < -0.3 is 5.32 Å². The lowest BCUT2D eigenvalue weighted by molar-refractivity contribution is 0.504. The molecule has 14 heavy (non-hydrogen) atoms. The minimum atomic E-state index is 0.531. The molecule has 1 saturated carbocycles. The van der Waals surface area contributed by atoms with Gasteiger partial charge in [-0.1, -0.05) is 0 Å². The Morgan fingerprint density at radius 1 is 1.36 bits per heavy atom. The van der Waals surface area contributed by atoms with E-state index in [1.54, 1.807) is 0 Å². The van der Waals surface area contributed by atoms with Gasteiger partial charge in [0.15, 0.2) is 5.82 Å². The average molecular weight is 193 g/mol. The summed E-state index contributed by atoms with van der Waals surface area (Å²) in [7, 11) is 0. The largest absolute Gasteiger partial charge is 0.316 e. The third-order valence-electron chi connectivity index (χ3n) is 3.11. The highest BCUT2D eigenvalue weighted by molar-refractivity contribution is 4.98. The maximum atomic E-state index is 4.14. The Morgan fingerprint density at radius 3 is 3.00 bits per heavy atom. The summed E-state index contributed by atoms with van der Waals surface area (Å²) in [6.45, 7) is 3.16. The first kappa shape index (κ1) is 8.35. The molecular formula is C9H15N5. The Morgan fingerprint density at radius 2 is 2.29 bits per heavy atom. The molecule has 1 N–H and O–H groups in total. The molecule has 3 rings (SSSR count). The summed E-state index contributed by atoms with van der Waals surface area (Å²) in [4.78, 5) is 0. The summed E-state index contributed by atoms with van der Waals surface area (Å²) in [5.74, 6) is 2.46. The molecule has 1 atom stereocenters. The van der Waals surface area contributed by atoms with Crippen LogP contribution in [0.2, 0.25) is 0 Å². The summed E-state index contributed by atoms with van der Waals surface area (Å²) in [6.07, 6.45) is 3.87. The monoisotopic (exact) mass is 193 g/mol. The van der Waals surface area contributed by atoms with E-state index in [2.05, 4.69) is 20.8 Å². The number of hydrogen-bond donors (Lipinski definition) is 1. The standard InChI is InChI=1S/C9H15N5/c1-2-7(1)6-14-9(11-12-13-14)8-3-4-10-5-8/h7-8,10H,1-6H2. The molecule has 0 amide bonds. The van der Waals surface area contributed by atoms with Crippen LogP contribution < -0.4 is 5.32 Å². The van der Waals surface area contributed by atoms with Crippen LogP contribution in [0.25, 0.3) is 0 Å². The Bertz CT molecular complexity index is 311. The van der Waals surface area contributed by atoms with Gasteiger partial charge >= 0.3 is 0 Å². The molecule has 0 radical (unpaired) electrons. The molecule has 0 spiro atoms. The zero-order chi connectivity index (χ0) is 9.38. The van der Waals surface area contributed by atoms with E-state index in [0.29, 0.717) is 5.92 Å². The minimum Gasteiger partial charge on any atom is -0.316 e. The van der Waals surface area contributed by atoms with E-state index in [-0.39, 0.29) is 0 Å². The first-order valence-electron chi connectivity index (χ1n) is 5.40. The molecule has 0 bridgehead atoms. The lowest BCUT2D eigenvalue weighted by Gasteiger charge is -2.07. The molecule has 5 heteroatoms. The molecule has 2 fully saturated rings. The third-order valence-corrected chi connectivity index (χ3v) is 3.11. The first-order valence-corrected chi connectivity index (χ1v) is 5.40. The molecular weight excluding hydrogens is 178 g/mol. The highest BCUT2D eigenvalue weighted by atomic mass is 15.5. The highest BCUT2D eigenvalue weighted by Gasteiger charge is 2.27. The van der Waals surface area contributed by atoms with Crippen LogP contribution in [-0.4, -0.2) is 33.3 Å². The van der Waals surface area contributed by atoms with Crippen molar-refractivity contribution in [1.29, 1.82) is 0 Å². The van der Waals surface area contributed by atoms with Crippen LogP contribution in [0.3, 0.4) is 0 Å². The number of aromatic nitrogens is 4. The minimum absolute atomic E-state index is 0.531. The molecule has 1 aliphatic carbocycles. The normalized spacial score (nSPS) is 27.0. The average Bonchev–Trinajstić information content (AvgIpc) is 2.68. The van der Waals surface area contributed by atoms with Gasteiger partial charge in [-0.3, -0.25) is 0 Å². The van der Waals surface area contributed by atoms with Crippen LogP contribution in [0.1, 0.15) is 31.0 Å². The molecule has 2 heterocycles. The smallest absolute Gasteiger partial charge is 0.155 e. The van der Waals surface area contributed by atoms with E-state index in [1.165, 1.54) is 19.3 Å². The molecule has 0 aromatic carbocycles. The van der Waals surface area contributed by atoms with Crippen molar-refractivity contribution < 1.29 is 0 Å². The fourth-order valence-electron chi connectivity index (χ4n) is 2.05. The van der Waals surface area contributed by atoms with Crippen molar-refractivity contribution in [1.82, 2.24) is 25.5 Å². The lowest BCUT2D eigenvalue weighted by atomic mass is 10.1. The predicted molar refractivity (Wildman–Crippen MR) is 50.8 cm³/mol. The zero-order valence-corrected chi connectivity index (χ0v) is 8.19. The number of nitrogens with zero attached hydrogens (tertiary/aromatic N) is 4. The fourth-order valence-corrected chi connectivity index (χ4v) is 2.05. The molecule has 1 saturated heterocycles. The maximum Gasteiger partial charge on any atom is 0.155 e. The van der Waals surface area contributed by atoms with Gasteiger partial charge in [0.2, 0.25) is 0 Å². The van der Waals surface area contributed by atoms with Gasteiger partial charge in [0, 0.05) is 19.0 Å². The van der Waals surface area contributed by atoms with Crippen LogP contribution in [0.15, 0.2) is 0 Å². The van der Waals surface area contributed by atoms with E-state index in [1.807, 2.05) is 4.68 Å². The van der Waals surface area contributed by atoms with E-state index in [0.717, 1.165) is 31.4 Å². The van der Waals surface area contributed by atoms with Crippen LogP contribution in [0.4, 0.5) is 0 Å². The maximum absolute atomic E-state index is 4.14. The van der Waals surface area contributed by atoms with Crippen LogP contribution in [-0.2, 0) is 6.54 Å². The molecule has 1 aromatic rings. The molecule has 5 nitrogen and oxygen atoms in total. The number of tetrazole rings is 1. The van der Waals surface area contributed by atoms with Crippen LogP contribution >= 0.6 is 0 Å². The summed E-state index contributed by atoms with van der Waals surface area (Å²) >= 11 is 0. The first-order chi connectivity index (χ1) is 6.93. The van der Waals surface area contributed by atoms with Gasteiger partial charge in [0.25, 0.3) is 0 Å². The van der Waals surface area contributed by atoms with Crippen molar-refractivity contribution in [2.24, 2.45) is 5.92 Å². The van der Waals surface area contributed by atoms with E-state index < -0.39 is 0 Å². The van der Waals surface area contributed by atoms with E-state index in [9.17, 15) is 0 Å². The Labute approximate surface area is 82.9 Å². The Balaban J connectivity index is 1.77. The van der Waals surface area contributed by atoms with Crippen molar-refractivity contribution >= 4 is 0 Å². The second kappa shape index (κ2) is 3.31. The van der Waals surface area contributed by atoms with Crippen LogP contribution in [0.5, 0.6) is 0 Å². The van der Waals surface area contributed by atoms with Crippen molar-refractivity contribution in [3.8, 4) is 0 Å². The van der Waals surface area contributed by atoms with Gasteiger partial charge in [-0.05, 0) is 42.2 Å². The summed E-state index contributed by atoms with van der Waals surface area (Å²) < 4.78 is 2.01. The molecule has 1 aromatic heterocycles. The second-order valence-electron chi connectivity index (χ2n) is 4.35. The number of rotatable bonds is 3. The van der Waals surface area contributed by atoms with Crippen molar-refractivity contribution in [2.45, 2.75) is 31.7 Å². The summed E-state index contributed by atoms with van der Waals surface area (Å²) in [5.41, 5.74) is 0. The third kappa shape index (κ3) is 1.52. The lowest BCUT2D eigenvalue weighted by Crippen LogP contribution is -2.14. The van der Waals surface area contributed by atoms with Crippen molar-refractivity contribution in [3.63, 3.8) is 0 Å². The zero-order valence-electron chi connectivity index (χ0n) is 8.19. The van der Waals surface area contributed by atoms with Gasteiger partial charge in [0.1, 0.15) is 0 Å². The Hall–Kier alpha value is -0.970. The van der Waals surface area contributed by atoms with E-state index >= 15 is 0 Å². The van der Waals surface area contributed by atoms with Crippen molar-refractivity contribution in [2.75, 3.05) is 13.1 Å². The summed E-state index contributed by atoms with van der Waals surface area (Å²) in [5, 5.41) is 15.3. The van der Waals surface area contributed by atoms with Gasteiger partial charge in [-0.2, -0.15) is 0 Å².